The number of aromatic nitrogens is 2. The van der Waals surface area contributed by atoms with E-state index in [2.05, 4.69) is 38.4 Å². The van der Waals surface area contributed by atoms with Gasteiger partial charge in [-0.2, -0.15) is 0 Å². The predicted octanol–water partition coefficient (Wildman–Crippen LogP) is 1.36. The molecule has 0 radical (unpaired) electrons. The van der Waals surface area contributed by atoms with Crippen molar-refractivity contribution in [1.29, 1.82) is 0 Å². The summed E-state index contributed by atoms with van der Waals surface area (Å²) in [5.74, 6) is 0. The second kappa shape index (κ2) is 3.79. The Kier molecular flexibility index (Phi) is 2.29. The van der Waals surface area contributed by atoms with Crippen LogP contribution >= 0.6 is 0 Å². The van der Waals surface area contributed by atoms with E-state index in [0.717, 1.165) is 24.1 Å². The number of anilines is 1. The first-order valence-electron chi connectivity index (χ1n) is 5.73. The minimum atomic E-state index is 0.606. The Morgan fingerprint density at radius 1 is 1.50 bits per heavy atom. The fourth-order valence-corrected chi connectivity index (χ4v) is 2.42. The molecular weight excluding hydrogens is 200 g/mol. The van der Waals surface area contributed by atoms with Gasteiger partial charge in [0.2, 0.25) is 0 Å². The summed E-state index contributed by atoms with van der Waals surface area (Å²) in [6, 6.07) is 6.91. The lowest BCUT2D eigenvalue weighted by Gasteiger charge is -2.18. The fraction of sp³-hybridized carbons (Fsp3) is 0.417. The van der Waals surface area contributed by atoms with Crippen LogP contribution in [0.25, 0.3) is 11.0 Å². The summed E-state index contributed by atoms with van der Waals surface area (Å²) in [5, 5.41) is 3.34. The maximum atomic E-state index is 4.40. The smallest absolute Gasteiger partial charge is 0.112 e. The van der Waals surface area contributed by atoms with E-state index in [-0.39, 0.29) is 0 Å². The van der Waals surface area contributed by atoms with E-state index in [9.17, 15) is 0 Å². The first-order chi connectivity index (χ1) is 7.88. The zero-order valence-corrected chi connectivity index (χ0v) is 9.40. The molecule has 1 aliphatic heterocycles. The van der Waals surface area contributed by atoms with Gasteiger partial charge in [-0.15, -0.1) is 0 Å². The number of likely N-dealkylation sites (N-methyl/N-ethyl adjacent to an activating group) is 1. The minimum Gasteiger partial charge on any atom is -0.368 e. The van der Waals surface area contributed by atoms with Crippen molar-refractivity contribution < 1.29 is 0 Å². The molecule has 0 saturated carbocycles. The van der Waals surface area contributed by atoms with E-state index in [1.165, 1.54) is 12.1 Å². The summed E-state index contributed by atoms with van der Waals surface area (Å²) < 4.78 is 0. The van der Waals surface area contributed by atoms with Gasteiger partial charge in [0.15, 0.2) is 0 Å². The fourth-order valence-electron chi connectivity index (χ4n) is 2.42. The number of rotatable bonds is 2. The molecule has 1 aromatic carbocycles. The SMILES string of the molecule is CNC1CCN(c2cccc3[nH]cnc23)C1. The standard InChI is InChI=1S/C12H16N4/c1-13-9-5-6-16(7-9)11-4-2-3-10-12(11)15-8-14-10/h2-4,8-9,13H,5-7H2,1H3,(H,14,15). The molecule has 0 aliphatic carbocycles. The van der Waals surface area contributed by atoms with E-state index >= 15 is 0 Å². The second-order valence-corrected chi connectivity index (χ2v) is 4.30. The Morgan fingerprint density at radius 2 is 2.44 bits per heavy atom. The minimum absolute atomic E-state index is 0.606. The molecule has 1 saturated heterocycles. The van der Waals surface area contributed by atoms with Gasteiger partial charge in [0.1, 0.15) is 5.52 Å². The van der Waals surface area contributed by atoms with Crippen LogP contribution in [0, 0.1) is 0 Å². The van der Waals surface area contributed by atoms with Crippen LogP contribution < -0.4 is 10.2 Å². The lowest BCUT2D eigenvalue weighted by molar-refractivity contribution is 0.617. The molecule has 1 fully saturated rings. The van der Waals surface area contributed by atoms with Gasteiger partial charge in [0.25, 0.3) is 0 Å². The number of imidazole rings is 1. The Hall–Kier alpha value is -1.55. The number of hydrogen-bond acceptors (Lipinski definition) is 3. The number of para-hydroxylation sites is 1. The van der Waals surface area contributed by atoms with E-state index in [4.69, 9.17) is 0 Å². The summed E-state index contributed by atoms with van der Waals surface area (Å²) in [6.07, 6.45) is 2.97. The van der Waals surface area contributed by atoms with Crippen molar-refractivity contribution in [2.24, 2.45) is 0 Å². The molecule has 1 aromatic heterocycles. The van der Waals surface area contributed by atoms with Crippen LogP contribution in [-0.2, 0) is 0 Å². The van der Waals surface area contributed by atoms with Gasteiger partial charge in [-0.25, -0.2) is 4.98 Å². The Balaban J connectivity index is 1.97. The number of fused-ring (bicyclic) bond motifs is 1. The largest absolute Gasteiger partial charge is 0.368 e. The van der Waals surface area contributed by atoms with Gasteiger partial charge in [-0.1, -0.05) is 6.07 Å². The van der Waals surface area contributed by atoms with Crippen molar-refractivity contribution in [3.05, 3.63) is 24.5 Å². The summed E-state index contributed by atoms with van der Waals surface area (Å²) in [7, 11) is 2.03. The Morgan fingerprint density at radius 3 is 3.25 bits per heavy atom. The van der Waals surface area contributed by atoms with Crippen molar-refractivity contribution in [2.45, 2.75) is 12.5 Å². The quantitative estimate of drug-likeness (QED) is 0.796. The number of hydrogen-bond donors (Lipinski definition) is 2. The molecule has 2 aromatic rings. The maximum absolute atomic E-state index is 4.40. The molecule has 3 rings (SSSR count). The Bertz CT molecular complexity index is 490. The normalized spacial score (nSPS) is 20.8. The lowest BCUT2D eigenvalue weighted by atomic mass is 10.2. The second-order valence-electron chi connectivity index (χ2n) is 4.30. The third-order valence-electron chi connectivity index (χ3n) is 3.37. The summed E-state index contributed by atoms with van der Waals surface area (Å²) in [5.41, 5.74) is 3.45. The van der Waals surface area contributed by atoms with Crippen molar-refractivity contribution in [2.75, 3.05) is 25.0 Å². The van der Waals surface area contributed by atoms with Crippen LogP contribution in [0.3, 0.4) is 0 Å². The Labute approximate surface area is 94.7 Å². The number of benzene rings is 1. The first kappa shape index (κ1) is 9.66. The highest BCUT2D eigenvalue weighted by atomic mass is 15.2. The molecule has 1 unspecified atom stereocenters. The first-order valence-corrected chi connectivity index (χ1v) is 5.73. The molecule has 4 heteroatoms. The van der Waals surface area contributed by atoms with E-state index in [1.807, 2.05) is 7.05 Å². The molecule has 1 atom stereocenters. The highest BCUT2D eigenvalue weighted by Crippen LogP contribution is 2.26. The molecule has 0 amide bonds. The van der Waals surface area contributed by atoms with Gasteiger partial charge >= 0.3 is 0 Å². The number of nitrogens with zero attached hydrogens (tertiary/aromatic N) is 2. The number of nitrogens with one attached hydrogen (secondary N) is 2. The zero-order valence-electron chi connectivity index (χ0n) is 9.40. The zero-order chi connectivity index (χ0) is 11.0. The lowest BCUT2D eigenvalue weighted by Crippen LogP contribution is -2.29. The van der Waals surface area contributed by atoms with Gasteiger partial charge in [0.05, 0.1) is 17.5 Å². The van der Waals surface area contributed by atoms with Crippen LogP contribution in [0.5, 0.6) is 0 Å². The van der Waals surface area contributed by atoms with E-state index in [1.54, 1.807) is 6.33 Å². The predicted molar refractivity (Wildman–Crippen MR) is 65.8 cm³/mol. The van der Waals surface area contributed by atoms with Crippen LogP contribution in [0.15, 0.2) is 24.5 Å². The molecule has 2 heterocycles. The monoisotopic (exact) mass is 216 g/mol. The van der Waals surface area contributed by atoms with Crippen molar-refractivity contribution in [1.82, 2.24) is 15.3 Å². The molecule has 0 spiro atoms. The molecular formula is C12H16N4. The van der Waals surface area contributed by atoms with Crippen molar-refractivity contribution >= 4 is 16.7 Å². The molecule has 1 aliphatic rings. The van der Waals surface area contributed by atoms with Crippen LogP contribution in [0.1, 0.15) is 6.42 Å². The van der Waals surface area contributed by atoms with Gasteiger partial charge in [-0.3, -0.25) is 0 Å². The van der Waals surface area contributed by atoms with Crippen molar-refractivity contribution in [3.63, 3.8) is 0 Å². The molecule has 84 valence electrons. The third-order valence-corrected chi connectivity index (χ3v) is 3.37. The number of H-pyrrole nitrogens is 1. The van der Waals surface area contributed by atoms with E-state index in [0.29, 0.717) is 6.04 Å². The van der Waals surface area contributed by atoms with E-state index < -0.39 is 0 Å². The summed E-state index contributed by atoms with van der Waals surface area (Å²) in [4.78, 5) is 9.96. The summed E-state index contributed by atoms with van der Waals surface area (Å²) in [6.45, 7) is 2.18. The molecule has 16 heavy (non-hydrogen) atoms. The highest BCUT2D eigenvalue weighted by Gasteiger charge is 2.22. The van der Waals surface area contributed by atoms with Gasteiger partial charge in [-0.05, 0) is 25.6 Å². The average Bonchev–Trinajstić information content (AvgIpc) is 2.97. The number of aromatic amines is 1. The molecule has 2 N–H and O–H groups in total. The topological polar surface area (TPSA) is 44.0 Å². The van der Waals surface area contributed by atoms with Gasteiger partial charge in [0, 0.05) is 19.1 Å². The summed E-state index contributed by atoms with van der Waals surface area (Å²) >= 11 is 0. The van der Waals surface area contributed by atoms with Crippen LogP contribution in [0.4, 0.5) is 5.69 Å². The highest BCUT2D eigenvalue weighted by molar-refractivity contribution is 5.88. The molecule has 4 nitrogen and oxygen atoms in total. The van der Waals surface area contributed by atoms with Crippen LogP contribution in [-0.4, -0.2) is 36.1 Å². The average molecular weight is 216 g/mol. The maximum Gasteiger partial charge on any atom is 0.112 e. The van der Waals surface area contributed by atoms with Gasteiger partial charge < -0.3 is 15.2 Å². The molecule has 0 bridgehead atoms. The van der Waals surface area contributed by atoms with Crippen LogP contribution in [0.2, 0.25) is 0 Å². The third kappa shape index (κ3) is 1.46. The van der Waals surface area contributed by atoms with Crippen molar-refractivity contribution in [3.8, 4) is 0 Å².